The Kier molecular flexibility index (Phi) is 11.7. The van der Waals surface area contributed by atoms with Gasteiger partial charge in [-0.1, -0.05) is 184 Å². The van der Waals surface area contributed by atoms with Crippen LogP contribution < -0.4 is 14.5 Å². The van der Waals surface area contributed by atoms with E-state index in [1.807, 2.05) is 6.20 Å². The van der Waals surface area contributed by atoms with E-state index in [0.29, 0.717) is 6.67 Å². The number of hydrogen-bond donors (Lipinski definition) is 0. The summed E-state index contributed by atoms with van der Waals surface area (Å²) in [7, 11) is 0. The molecule has 0 saturated heterocycles. The normalized spacial score (nSPS) is 13.2. The van der Waals surface area contributed by atoms with Gasteiger partial charge >= 0.3 is 0 Å². The van der Waals surface area contributed by atoms with Crippen LogP contribution in [0.15, 0.2) is 206 Å². The van der Waals surface area contributed by atoms with Crippen LogP contribution in [0, 0.1) is 0 Å². The van der Waals surface area contributed by atoms with Crippen molar-refractivity contribution in [2.75, 3.05) is 16.5 Å². The third-order valence-electron chi connectivity index (χ3n) is 15.4. The van der Waals surface area contributed by atoms with Gasteiger partial charge in [0.15, 0.2) is 0 Å². The van der Waals surface area contributed by atoms with Crippen LogP contribution >= 0.6 is 0 Å². The van der Waals surface area contributed by atoms with E-state index < -0.39 is 0 Å². The largest absolute Gasteiger partial charge is 0.457 e. The minimum absolute atomic E-state index is 0.00987. The highest BCUT2D eigenvalue weighted by Crippen LogP contribution is 2.49. The molecule has 0 aliphatic carbocycles. The minimum Gasteiger partial charge on any atom is -0.457 e. The first-order valence-electron chi connectivity index (χ1n) is 25.8. The van der Waals surface area contributed by atoms with Gasteiger partial charge in [-0.05, 0) is 128 Å². The number of aromatic nitrogens is 2. The number of nitrogens with zero attached hydrogens (tertiary/aromatic N) is 4. The molecule has 5 nitrogen and oxygen atoms in total. The Labute approximate surface area is 432 Å². The molecule has 3 heterocycles. The maximum atomic E-state index is 6.94. The Balaban J connectivity index is 0.997. The van der Waals surface area contributed by atoms with E-state index in [1.165, 1.54) is 61.3 Å². The zero-order chi connectivity index (χ0) is 50.9. The van der Waals surface area contributed by atoms with Crippen LogP contribution in [0.5, 0.6) is 11.5 Å². The van der Waals surface area contributed by atoms with Gasteiger partial charge in [0.1, 0.15) is 24.0 Å². The number of pyridine rings is 1. The average molecular weight is 955 g/mol. The average Bonchev–Trinajstić information content (AvgIpc) is 3.94. The van der Waals surface area contributed by atoms with Gasteiger partial charge < -0.3 is 14.5 Å². The van der Waals surface area contributed by atoms with Crippen molar-refractivity contribution in [3.8, 4) is 28.4 Å². The van der Waals surface area contributed by atoms with Gasteiger partial charge in [-0.3, -0.25) is 4.57 Å². The van der Waals surface area contributed by atoms with E-state index in [0.717, 1.165) is 45.1 Å². The first kappa shape index (κ1) is 47.4. The quantitative estimate of drug-likeness (QED) is 0.137. The van der Waals surface area contributed by atoms with E-state index in [2.05, 4.69) is 284 Å². The molecule has 364 valence electrons. The van der Waals surface area contributed by atoms with Crippen molar-refractivity contribution in [1.82, 2.24) is 9.55 Å². The fraction of sp³-hybridized carbons (Fsp3) is 0.221. The number of ether oxygens (including phenoxy) is 1. The van der Waals surface area contributed by atoms with Crippen molar-refractivity contribution in [2.45, 2.75) is 90.9 Å². The van der Waals surface area contributed by atoms with E-state index in [9.17, 15) is 0 Å². The molecule has 0 bridgehead atoms. The summed E-state index contributed by atoms with van der Waals surface area (Å²) in [5.41, 5.74) is 16.2. The van der Waals surface area contributed by atoms with Crippen molar-refractivity contribution < 1.29 is 4.74 Å². The van der Waals surface area contributed by atoms with Crippen LogP contribution in [-0.4, -0.2) is 16.2 Å². The SMILES string of the molecule is CC(C)(C)c1cc(-c2ccccc2)cc(N2CN(c3cccc(Oc4ccc5c6cc(C(C)(C)C)ccc6n(-c6cc(C(C)(C)c7ccccc7)ccn6)c5c4)c3)c3ccc(C(C)(C)c4ccccc4)cc32)c1. The topological polar surface area (TPSA) is 33.5 Å². The van der Waals surface area contributed by atoms with Gasteiger partial charge in [0.25, 0.3) is 0 Å². The van der Waals surface area contributed by atoms with Gasteiger partial charge in [-0.15, -0.1) is 0 Å². The van der Waals surface area contributed by atoms with Gasteiger partial charge in [0.2, 0.25) is 0 Å². The number of fused-ring (bicyclic) bond motifs is 4. The molecule has 0 N–H and O–H groups in total. The molecular weight excluding hydrogens is 889 g/mol. The van der Waals surface area contributed by atoms with Crippen LogP contribution in [0.2, 0.25) is 0 Å². The molecule has 10 aromatic rings. The summed E-state index contributed by atoms with van der Waals surface area (Å²) in [5.74, 6) is 2.40. The second-order valence-corrected chi connectivity index (χ2v) is 23.1. The summed E-state index contributed by atoms with van der Waals surface area (Å²) >= 11 is 0. The Morgan fingerprint density at radius 3 is 1.67 bits per heavy atom. The summed E-state index contributed by atoms with van der Waals surface area (Å²) in [6.07, 6.45) is 1.95. The van der Waals surface area contributed by atoms with Gasteiger partial charge in [-0.25, -0.2) is 4.98 Å². The predicted octanol–water partition coefficient (Wildman–Crippen LogP) is 18.1. The molecular formula is C68H66N4O. The zero-order valence-corrected chi connectivity index (χ0v) is 44.0. The Morgan fingerprint density at radius 1 is 0.384 bits per heavy atom. The van der Waals surface area contributed by atoms with E-state index in [4.69, 9.17) is 9.72 Å². The molecule has 5 heteroatoms. The standard InChI is InChI=1S/C68H66N4O/c1-65(2,3)50-29-33-60-59(40-50)58-32-31-57(44-62(58)72(60)64-42-52(35-36-69-64)68(9,10)49-25-18-13-19-26-49)73-56-28-20-27-54(43-56)70-45-71(55-38-47(46-21-14-11-15-22-46)37-53(39-55)66(4,5)6)63-41-51(30-34-61(63)70)67(7,8)48-23-16-12-17-24-48/h11-44H,45H2,1-10H3. The molecule has 0 radical (unpaired) electrons. The molecule has 2 aromatic heterocycles. The first-order valence-corrected chi connectivity index (χ1v) is 25.8. The van der Waals surface area contributed by atoms with E-state index in [1.54, 1.807) is 0 Å². The Morgan fingerprint density at radius 2 is 1.00 bits per heavy atom. The molecule has 0 atom stereocenters. The lowest BCUT2D eigenvalue weighted by atomic mass is 9.78. The number of hydrogen-bond acceptors (Lipinski definition) is 4. The third-order valence-corrected chi connectivity index (χ3v) is 15.4. The highest BCUT2D eigenvalue weighted by molar-refractivity contribution is 6.10. The van der Waals surface area contributed by atoms with Crippen LogP contribution in [-0.2, 0) is 21.7 Å². The maximum absolute atomic E-state index is 6.94. The molecule has 0 fully saturated rings. The number of benzene rings is 8. The van der Waals surface area contributed by atoms with E-state index >= 15 is 0 Å². The second-order valence-electron chi connectivity index (χ2n) is 23.1. The lowest BCUT2D eigenvalue weighted by Crippen LogP contribution is -2.24. The summed E-state index contributed by atoms with van der Waals surface area (Å²) < 4.78 is 9.25. The van der Waals surface area contributed by atoms with Crippen LogP contribution in [0.25, 0.3) is 38.8 Å². The predicted molar refractivity (Wildman–Crippen MR) is 307 cm³/mol. The number of rotatable bonds is 10. The van der Waals surface area contributed by atoms with E-state index in [-0.39, 0.29) is 21.7 Å². The van der Waals surface area contributed by atoms with Crippen molar-refractivity contribution in [3.63, 3.8) is 0 Å². The summed E-state index contributed by atoms with van der Waals surface area (Å²) in [6, 6.07) is 72.9. The van der Waals surface area contributed by atoms with Crippen molar-refractivity contribution in [1.29, 1.82) is 0 Å². The fourth-order valence-electron chi connectivity index (χ4n) is 10.7. The monoisotopic (exact) mass is 955 g/mol. The Hall–Kier alpha value is -7.89. The molecule has 1 aliphatic heterocycles. The highest BCUT2D eigenvalue weighted by atomic mass is 16.5. The van der Waals surface area contributed by atoms with Crippen molar-refractivity contribution >= 4 is 44.6 Å². The molecule has 8 aromatic carbocycles. The molecule has 11 rings (SSSR count). The Bertz CT molecular complexity index is 3650. The number of anilines is 4. The lowest BCUT2D eigenvalue weighted by molar-refractivity contribution is 0.483. The molecule has 1 aliphatic rings. The molecule has 0 spiro atoms. The molecule has 0 amide bonds. The molecule has 0 unspecified atom stereocenters. The fourth-order valence-corrected chi connectivity index (χ4v) is 10.7. The van der Waals surface area contributed by atoms with Gasteiger partial charge in [0, 0.05) is 51.3 Å². The van der Waals surface area contributed by atoms with Crippen molar-refractivity contribution in [2.24, 2.45) is 0 Å². The maximum Gasteiger partial charge on any atom is 0.137 e. The zero-order valence-electron chi connectivity index (χ0n) is 44.0. The summed E-state index contributed by atoms with van der Waals surface area (Å²) in [6.45, 7) is 23.6. The molecule has 0 saturated carbocycles. The van der Waals surface area contributed by atoms with Crippen LogP contribution in [0.1, 0.15) is 103 Å². The van der Waals surface area contributed by atoms with Gasteiger partial charge in [-0.2, -0.15) is 0 Å². The van der Waals surface area contributed by atoms with Crippen LogP contribution in [0.4, 0.5) is 22.7 Å². The van der Waals surface area contributed by atoms with Gasteiger partial charge in [0.05, 0.1) is 22.4 Å². The van der Waals surface area contributed by atoms with Crippen molar-refractivity contribution in [3.05, 3.63) is 240 Å². The highest BCUT2D eigenvalue weighted by Gasteiger charge is 2.33. The second kappa shape index (κ2) is 18.0. The molecule has 73 heavy (non-hydrogen) atoms. The summed E-state index contributed by atoms with van der Waals surface area (Å²) in [4.78, 5) is 9.98. The van der Waals surface area contributed by atoms with Crippen LogP contribution in [0.3, 0.4) is 0 Å². The third kappa shape index (κ3) is 8.86. The lowest BCUT2D eigenvalue weighted by Gasteiger charge is -2.28. The minimum atomic E-state index is -0.230. The smallest absolute Gasteiger partial charge is 0.137 e. The summed E-state index contributed by atoms with van der Waals surface area (Å²) in [5, 5.41) is 2.35. The first-order chi connectivity index (χ1) is 34.9.